The summed E-state index contributed by atoms with van der Waals surface area (Å²) in [5.41, 5.74) is 2.33. The average Bonchev–Trinajstić information content (AvgIpc) is 2.87. The molecule has 1 aromatic heterocycles. The number of imidazole rings is 1. The smallest absolute Gasteiger partial charge is 0.0958 e. The van der Waals surface area contributed by atoms with Gasteiger partial charge in [-0.15, -0.1) is 0 Å². The number of nitrogens with zero attached hydrogens (tertiary/aromatic N) is 2. The predicted molar refractivity (Wildman–Crippen MR) is 86.0 cm³/mol. The summed E-state index contributed by atoms with van der Waals surface area (Å²) in [5.74, 6) is 0. The summed E-state index contributed by atoms with van der Waals surface area (Å²) < 4.78 is 2.25. The van der Waals surface area contributed by atoms with E-state index in [0.717, 1.165) is 25.0 Å². The van der Waals surface area contributed by atoms with Crippen LogP contribution in [0.5, 0.6) is 0 Å². The minimum Gasteiger partial charge on any atom is -0.331 e. The van der Waals surface area contributed by atoms with Crippen LogP contribution in [0.4, 0.5) is 0 Å². The SMILES string of the molecule is CCCCCC(C)NCCCn1cnc2ccccc21. The number of fused-ring (bicyclic) bond motifs is 1. The molecule has 0 aliphatic heterocycles. The molecule has 0 amide bonds. The molecule has 110 valence electrons. The Bertz CT molecular complexity index is 504. The van der Waals surface area contributed by atoms with Crippen LogP contribution in [-0.2, 0) is 6.54 Å². The molecule has 1 N–H and O–H groups in total. The summed E-state index contributed by atoms with van der Waals surface area (Å²) in [4.78, 5) is 4.42. The molecule has 0 aliphatic rings. The molecule has 20 heavy (non-hydrogen) atoms. The molecule has 0 aliphatic carbocycles. The van der Waals surface area contributed by atoms with Crippen LogP contribution in [0.3, 0.4) is 0 Å². The maximum Gasteiger partial charge on any atom is 0.0958 e. The lowest BCUT2D eigenvalue weighted by molar-refractivity contribution is 0.472. The number of aryl methyl sites for hydroxylation is 1. The first-order valence-corrected chi connectivity index (χ1v) is 7.94. The number of aromatic nitrogens is 2. The van der Waals surface area contributed by atoms with Crippen LogP contribution < -0.4 is 5.32 Å². The fourth-order valence-electron chi connectivity index (χ4n) is 2.59. The Kier molecular flexibility index (Phi) is 6.06. The van der Waals surface area contributed by atoms with Crippen molar-refractivity contribution in [3.8, 4) is 0 Å². The van der Waals surface area contributed by atoms with E-state index in [1.807, 2.05) is 12.4 Å². The van der Waals surface area contributed by atoms with E-state index < -0.39 is 0 Å². The van der Waals surface area contributed by atoms with Crippen LogP contribution >= 0.6 is 0 Å². The van der Waals surface area contributed by atoms with E-state index in [0.29, 0.717) is 6.04 Å². The fourth-order valence-corrected chi connectivity index (χ4v) is 2.59. The van der Waals surface area contributed by atoms with E-state index in [-0.39, 0.29) is 0 Å². The van der Waals surface area contributed by atoms with E-state index in [2.05, 4.69) is 46.9 Å². The normalized spacial score (nSPS) is 12.9. The van der Waals surface area contributed by atoms with Gasteiger partial charge in [0.1, 0.15) is 0 Å². The number of benzene rings is 1. The van der Waals surface area contributed by atoms with Gasteiger partial charge in [0.25, 0.3) is 0 Å². The summed E-state index contributed by atoms with van der Waals surface area (Å²) in [7, 11) is 0. The number of nitrogens with one attached hydrogen (secondary N) is 1. The van der Waals surface area contributed by atoms with E-state index in [1.165, 1.54) is 31.2 Å². The summed E-state index contributed by atoms with van der Waals surface area (Å²) in [5, 5.41) is 3.62. The molecular formula is C17H27N3. The van der Waals surface area contributed by atoms with Crippen LogP contribution in [0.25, 0.3) is 11.0 Å². The fraction of sp³-hybridized carbons (Fsp3) is 0.588. The van der Waals surface area contributed by atoms with Crippen molar-refractivity contribution < 1.29 is 0 Å². The van der Waals surface area contributed by atoms with Gasteiger partial charge < -0.3 is 9.88 Å². The Morgan fingerprint density at radius 3 is 2.90 bits per heavy atom. The summed E-state index contributed by atoms with van der Waals surface area (Å²) in [6.45, 7) is 6.67. The Morgan fingerprint density at radius 1 is 1.20 bits per heavy atom. The monoisotopic (exact) mass is 273 g/mol. The second kappa shape index (κ2) is 8.05. The number of hydrogen-bond donors (Lipinski definition) is 1. The van der Waals surface area contributed by atoms with Crippen molar-refractivity contribution in [1.82, 2.24) is 14.9 Å². The van der Waals surface area contributed by atoms with Gasteiger partial charge in [0.2, 0.25) is 0 Å². The molecule has 1 heterocycles. The number of hydrogen-bond acceptors (Lipinski definition) is 2. The van der Waals surface area contributed by atoms with E-state index in [1.54, 1.807) is 0 Å². The molecule has 0 saturated carbocycles. The Balaban J connectivity index is 1.68. The van der Waals surface area contributed by atoms with E-state index in [9.17, 15) is 0 Å². The Morgan fingerprint density at radius 2 is 2.05 bits per heavy atom. The van der Waals surface area contributed by atoms with Crippen molar-refractivity contribution in [3.63, 3.8) is 0 Å². The highest BCUT2D eigenvalue weighted by molar-refractivity contribution is 5.74. The third-order valence-electron chi connectivity index (χ3n) is 3.84. The third kappa shape index (κ3) is 4.34. The summed E-state index contributed by atoms with van der Waals surface area (Å²) in [6, 6.07) is 8.97. The molecule has 1 unspecified atom stereocenters. The lowest BCUT2D eigenvalue weighted by Gasteiger charge is -2.13. The standard InChI is InChI=1S/C17H27N3/c1-3-4-5-9-15(2)18-12-8-13-20-14-19-16-10-6-7-11-17(16)20/h6-7,10-11,14-15,18H,3-5,8-9,12-13H2,1-2H3. The molecule has 1 atom stereocenters. The van der Waals surface area contributed by atoms with Gasteiger partial charge in [0, 0.05) is 12.6 Å². The lowest BCUT2D eigenvalue weighted by atomic mass is 10.1. The van der Waals surface area contributed by atoms with Gasteiger partial charge >= 0.3 is 0 Å². The van der Waals surface area contributed by atoms with Crippen LogP contribution in [0, 0.1) is 0 Å². The first kappa shape index (κ1) is 15.0. The quantitative estimate of drug-likeness (QED) is 0.700. The Labute approximate surface area is 122 Å². The number of rotatable bonds is 9. The van der Waals surface area contributed by atoms with E-state index >= 15 is 0 Å². The van der Waals surface area contributed by atoms with Gasteiger partial charge in [0.05, 0.1) is 17.4 Å². The molecule has 2 rings (SSSR count). The highest BCUT2D eigenvalue weighted by Crippen LogP contribution is 2.12. The van der Waals surface area contributed by atoms with Crippen LogP contribution in [0.15, 0.2) is 30.6 Å². The highest BCUT2D eigenvalue weighted by atomic mass is 15.0. The van der Waals surface area contributed by atoms with Crippen molar-refractivity contribution >= 4 is 11.0 Å². The van der Waals surface area contributed by atoms with Gasteiger partial charge in [-0.2, -0.15) is 0 Å². The van der Waals surface area contributed by atoms with Gasteiger partial charge in [-0.3, -0.25) is 0 Å². The van der Waals surface area contributed by atoms with Crippen molar-refractivity contribution in [2.24, 2.45) is 0 Å². The minimum atomic E-state index is 0.640. The van der Waals surface area contributed by atoms with E-state index in [4.69, 9.17) is 0 Å². The topological polar surface area (TPSA) is 29.9 Å². The van der Waals surface area contributed by atoms with Crippen molar-refractivity contribution in [1.29, 1.82) is 0 Å². The molecule has 0 fully saturated rings. The van der Waals surface area contributed by atoms with Crippen LogP contribution in [0.2, 0.25) is 0 Å². The average molecular weight is 273 g/mol. The highest BCUT2D eigenvalue weighted by Gasteiger charge is 2.02. The Hall–Kier alpha value is -1.35. The van der Waals surface area contributed by atoms with Crippen LogP contribution in [-0.4, -0.2) is 22.1 Å². The lowest BCUT2D eigenvalue weighted by Crippen LogP contribution is -2.27. The van der Waals surface area contributed by atoms with Gasteiger partial charge in [0.15, 0.2) is 0 Å². The summed E-state index contributed by atoms with van der Waals surface area (Å²) >= 11 is 0. The third-order valence-corrected chi connectivity index (χ3v) is 3.84. The van der Waals surface area contributed by atoms with Crippen molar-refractivity contribution in [2.75, 3.05) is 6.54 Å². The molecule has 1 aromatic carbocycles. The molecule has 0 spiro atoms. The molecule has 3 heteroatoms. The molecule has 0 radical (unpaired) electrons. The zero-order valence-corrected chi connectivity index (χ0v) is 12.8. The predicted octanol–water partition coefficient (Wildman–Crippen LogP) is 3.98. The van der Waals surface area contributed by atoms with Crippen molar-refractivity contribution in [3.05, 3.63) is 30.6 Å². The summed E-state index contributed by atoms with van der Waals surface area (Å²) in [6.07, 6.45) is 8.40. The second-order valence-corrected chi connectivity index (χ2v) is 5.63. The zero-order valence-electron chi connectivity index (χ0n) is 12.8. The molecule has 2 aromatic rings. The van der Waals surface area contributed by atoms with Gasteiger partial charge in [-0.1, -0.05) is 38.3 Å². The van der Waals surface area contributed by atoms with Crippen LogP contribution in [0.1, 0.15) is 46.0 Å². The first-order chi connectivity index (χ1) is 9.81. The van der Waals surface area contributed by atoms with Crippen molar-refractivity contribution in [2.45, 2.75) is 58.5 Å². The maximum absolute atomic E-state index is 4.42. The second-order valence-electron chi connectivity index (χ2n) is 5.63. The zero-order chi connectivity index (χ0) is 14.2. The maximum atomic E-state index is 4.42. The number of para-hydroxylation sites is 2. The number of unbranched alkanes of at least 4 members (excludes halogenated alkanes) is 2. The molecule has 3 nitrogen and oxygen atoms in total. The van der Waals surface area contributed by atoms with Gasteiger partial charge in [-0.25, -0.2) is 4.98 Å². The minimum absolute atomic E-state index is 0.640. The molecular weight excluding hydrogens is 246 g/mol. The van der Waals surface area contributed by atoms with Gasteiger partial charge in [-0.05, 0) is 38.4 Å². The molecule has 0 saturated heterocycles. The molecule has 0 bridgehead atoms. The first-order valence-electron chi connectivity index (χ1n) is 7.94. The largest absolute Gasteiger partial charge is 0.331 e.